The van der Waals surface area contributed by atoms with Gasteiger partial charge in [0.15, 0.2) is 0 Å². The van der Waals surface area contributed by atoms with Crippen LogP contribution in [-0.4, -0.2) is 19.8 Å². The third-order valence-electron chi connectivity index (χ3n) is 6.84. The Bertz CT molecular complexity index is 340. The summed E-state index contributed by atoms with van der Waals surface area (Å²) in [5.41, 5.74) is 0. The molecule has 218 valence electrons. The van der Waals surface area contributed by atoms with Gasteiger partial charge < -0.3 is 9.47 Å². The van der Waals surface area contributed by atoms with Gasteiger partial charge in [-0.2, -0.15) is 0 Å². The molecule has 2 nitrogen and oxygen atoms in total. The molecule has 0 aliphatic rings. The van der Waals surface area contributed by atoms with E-state index in [9.17, 15) is 0 Å². The van der Waals surface area contributed by atoms with Gasteiger partial charge in [-0.3, -0.25) is 0 Å². The van der Waals surface area contributed by atoms with Gasteiger partial charge in [-0.25, -0.2) is 0 Å². The second kappa shape index (κ2) is 39.0. The van der Waals surface area contributed by atoms with E-state index in [1.54, 1.807) is 6.26 Å². The molecule has 36 heavy (non-hydrogen) atoms. The summed E-state index contributed by atoms with van der Waals surface area (Å²) in [4.78, 5) is 0. The van der Waals surface area contributed by atoms with Crippen LogP contribution in [0, 0.1) is 0 Å². The molecule has 0 spiro atoms. The van der Waals surface area contributed by atoms with Crippen molar-refractivity contribution in [3.63, 3.8) is 0 Å². The highest BCUT2D eigenvalue weighted by Crippen LogP contribution is 2.13. The van der Waals surface area contributed by atoms with E-state index in [1.165, 1.54) is 154 Å². The fraction of sp³-hybridized carbons (Fsp3) is 0.941. The molecule has 0 fully saturated rings. The molecule has 0 bridgehead atoms. The first kappa shape index (κ1) is 37.7. The second-order valence-corrected chi connectivity index (χ2v) is 10.7. The van der Waals surface area contributed by atoms with Gasteiger partial charge in [0.1, 0.15) is 0 Å². The fourth-order valence-electron chi connectivity index (χ4n) is 4.47. The van der Waals surface area contributed by atoms with Gasteiger partial charge in [0, 0.05) is 13.2 Å². The normalized spacial score (nSPS) is 11.1. The molecule has 0 amide bonds. The zero-order valence-electron chi connectivity index (χ0n) is 25.8. The number of hydrogen-bond donors (Lipinski definition) is 0. The summed E-state index contributed by atoms with van der Waals surface area (Å²) in [7, 11) is 0. The molecule has 0 aromatic carbocycles. The molecule has 0 unspecified atom stereocenters. The average molecular weight is 511 g/mol. The smallest absolute Gasteiger partial charge is 0.0870 e. The molecule has 0 aliphatic heterocycles. The standard InChI is InChI=1S/C28H58O.C6H12O/c1-3-5-7-9-11-13-15-17-19-21-23-25-27-29-28-26-24-22-20-18-16-14-12-10-8-6-4-2;1-3-5-7-6-4-2/h3-28H2,1-2H3;3,5H,4,6H2,1-2H3/b;5-3+. The van der Waals surface area contributed by atoms with Gasteiger partial charge in [-0.1, -0.05) is 168 Å². The number of allylic oxidation sites excluding steroid dienone is 1. The zero-order valence-corrected chi connectivity index (χ0v) is 25.8. The summed E-state index contributed by atoms with van der Waals surface area (Å²) in [6.07, 6.45) is 38.8. The van der Waals surface area contributed by atoms with E-state index < -0.39 is 0 Å². The van der Waals surface area contributed by atoms with Crippen molar-refractivity contribution in [2.75, 3.05) is 19.8 Å². The van der Waals surface area contributed by atoms with Crippen molar-refractivity contribution in [1.82, 2.24) is 0 Å². The van der Waals surface area contributed by atoms with Crippen LogP contribution in [0.3, 0.4) is 0 Å². The van der Waals surface area contributed by atoms with E-state index in [0.29, 0.717) is 0 Å². The van der Waals surface area contributed by atoms with Crippen molar-refractivity contribution in [3.05, 3.63) is 12.3 Å². The summed E-state index contributed by atoms with van der Waals surface area (Å²) < 4.78 is 10.8. The lowest BCUT2D eigenvalue weighted by molar-refractivity contribution is 0.125. The van der Waals surface area contributed by atoms with Crippen molar-refractivity contribution >= 4 is 0 Å². The second-order valence-electron chi connectivity index (χ2n) is 10.7. The van der Waals surface area contributed by atoms with Crippen LogP contribution in [0.5, 0.6) is 0 Å². The summed E-state index contributed by atoms with van der Waals surface area (Å²) in [5, 5.41) is 0. The van der Waals surface area contributed by atoms with Crippen LogP contribution in [0.15, 0.2) is 12.3 Å². The molecule has 0 saturated heterocycles. The lowest BCUT2D eigenvalue weighted by Crippen LogP contribution is -1.97. The Labute approximate surface area is 229 Å². The van der Waals surface area contributed by atoms with Crippen molar-refractivity contribution < 1.29 is 9.47 Å². The molecule has 0 atom stereocenters. The highest BCUT2D eigenvalue weighted by atomic mass is 16.5. The average Bonchev–Trinajstić information content (AvgIpc) is 2.89. The third-order valence-corrected chi connectivity index (χ3v) is 6.84. The predicted molar refractivity (Wildman–Crippen MR) is 164 cm³/mol. The molecule has 0 aromatic heterocycles. The van der Waals surface area contributed by atoms with E-state index in [1.807, 2.05) is 13.0 Å². The first-order valence-corrected chi connectivity index (χ1v) is 16.6. The zero-order chi connectivity index (χ0) is 26.6. The minimum absolute atomic E-state index is 0.838. The van der Waals surface area contributed by atoms with Crippen LogP contribution in [0.1, 0.15) is 188 Å². The topological polar surface area (TPSA) is 18.5 Å². The lowest BCUT2D eigenvalue weighted by atomic mass is 10.1. The van der Waals surface area contributed by atoms with E-state index in [2.05, 4.69) is 20.8 Å². The maximum atomic E-state index is 5.82. The molecule has 0 saturated carbocycles. The van der Waals surface area contributed by atoms with E-state index in [4.69, 9.17) is 9.47 Å². The van der Waals surface area contributed by atoms with Gasteiger partial charge in [0.25, 0.3) is 0 Å². The summed E-state index contributed by atoms with van der Waals surface area (Å²) in [6, 6.07) is 0. The van der Waals surface area contributed by atoms with Crippen molar-refractivity contribution in [1.29, 1.82) is 0 Å². The van der Waals surface area contributed by atoms with Crippen LogP contribution in [0.4, 0.5) is 0 Å². The molecule has 0 aromatic rings. The lowest BCUT2D eigenvalue weighted by Gasteiger charge is -2.05. The van der Waals surface area contributed by atoms with Crippen LogP contribution in [-0.2, 0) is 9.47 Å². The van der Waals surface area contributed by atoms with Crippen LogP contribution in [0.2, 0.25) is 0 Å². The SMILES string of the molecule is C/C=C/OCCC.CCCCCCCCCCCCCCOCCCCCCCCCCCCCC. The molecule has 0 N–H and O–H groups in total. The third kappa shape index (κ3) is 40.7. The van der Waals surface area contributed by atoms with Gasteiger partial charge in [-0.15, -0.1) is 0 Å². The molecule has 0 rings (SSSR count). The quantitative estimate of drug-likeness (QED) is 0.0735. The Morgan fingerprint density at radius 1 is 0.361 bits per heavy atom. The Morgan fingerprint density at radius 3 is 0.944 bits per heavy atom. The first-order chi connectivity index (χ1) is 17.8. The van der Waals surface area contributed by atoms with Gasteiger partial charge in [0.2, 0.25) is 0 Å². The Balaban J connectivity index is 0. The fourth-order valence-corrected chi connectivity index (χ4v) is 4.47. The number of unbranched alkanes of at least 4 members (excludes halogenated alkanes) is 22. The van der Waals surface area contributed by atoms with Gasteiger partial charge >= 0.3 is 0 Å². The number of rotatable bonds is 29. The highest BCUT2D eigenvalue weighted by Gasteiger charge is 1.96. The Morgan fingerprint density at radius 2 is 0.667 bits per heavy atom. The molecule has 2 heteroatoms. The molecule has 0 aliphatic carbocycles. The van der Waals surface area contributed by atoms with Gasteiger partial charge in [0.05, 0.1) is 12.9 Å². The van der Waals surface area contributed by atoms with E-state index in [0.717, 1.165) is 26.2 Å². The molecular formula is C34H70O2. The largest absolute Gasteiger partial charge is 0.502 e. The Kier molecular flexibility index (Phi) is 40.8. The van der Waals surface area contributed by atoms with Crippen LogP contribution in [0.25, 0.3) is 0 Å². The van der Waals surface area contributed by atoms with E-state index >= 15 is 0 Å². The van der Waals surface area contributed by atoms with Gasteiger partial charge in [-0.05, 0) is 26.2 Å². The maximum Gasteiger partial charge on any atom is 0.0870 e. The first-order valence-electron chi connectivity index (χ1n) is 16.6. The number of hydrogen-bond acceptors (Lipinski definition) is 2. The summed E-state index contributed by atoms with van der Waals surface area (Å²) >= 11 is 0. The monoisotopic (exact) mass is 511 g/mol. The highest BCUT2D eigenvalue weighted by molar-refractivity contribution is 4.64. The molecule has 0 heterocycles. The minimum Gasteiger partial charge on any atom is -0.502 e. The van der Waals surface area contributed by atoms with Crippen molar-refractivity contribution in [3.8, 4) is 0 Å². The number of ether oxygens (including phenoxy) is 2. The van der Waals surface area contributed by atoms with Crippen molar-refractivity contribution in [2.45, 2.75) is 188 Å². The van der Waals surface area contributed by atoms with Crippen LogP contribution < -0.4 is 0 Å². The van der Waals surface area contributed by atoms with E-state index in [-0.39, 0.29) is 0 Å². The van der Waals surface area contributed by atoms with Crippen LogP contribution >= 0.6 is 0 Å². The predicted octanol–water partition coefficient (Wildman–Crippen LogP) is 12.4. The van der Waals surface area contributed by atoms with Crippen molar-refractivity contribution in [2.24, 2.45) is 0 Å². The minimum atomic E-state index is 0.838. The Hall–Kier alpha value is -0.500. The molecule has 0 radical (unpaired) electrons. The maximum absolute atomic E-state index is 5.82. The summed E-state index contributed by atoms with van der Waals surface area (Å²) in [6.45, 7) is 11.4. The molecular weight excluding hydrogens is 440 g/mol. The summed E-state index contributed by atoms with van der Waals surface area (Å²) in [5.74, 6) is 0.